The fraction of sp³-hybridized carbons (Fsp3) is 0.633. The van der Waals surface area contributed by atoms with Gasteiger partial charge in [-0.3, -0.25) is 4.79 Å². The second kappa shape index (κ2) is 8.41. The van der Waals surface area contributed by atoms with E-state index in [0.29, 0.717) is 47.0 Å². The quantitative estimate of drug-likeness (QED) is 0.616. The van der Waals surface area contributed by atoms with Crippen LogP contribution in [0, 0.1) is 40.4 Å². The molecule has 1 amide bonds. The highest BCUT2D eigenvalue weighted by atomic mass is 16.2. The summed E-state index contributed by atoms with van der Waals surface area (Å²) >= 11 is 0. The summed E-state index contributed by atoms with van der Waals surface area (Å²) in [5.41, 5.74) is 7.55. The lowest BCUT2D eigenvalue weighted by atomic mass is 9.58. The smallest absolute Gasteiger partial charge is 0.226 e. The summed E-state index contributed by atoms with van der Waals surface area (Å²) in [4.78, 5) is 14.1. The van der Waals surface area contributed by atoms with E-state index >= 15 is 0 Å². The lowest BCUT2D eigenvalue weighted by Gasteiger charge is -2.47. The molecule has 3 N–H and O–H groups in total. The molecular weight excluding hydrogens is 404 g/mol. The maximum atomic E-state index is 14.1. The zero-order valence-electron chi connectivity index (χ0n) is 19.9. The van der Waals surface area contributed by atoms with Gasteiger partial charge in [0.1, 0.15) is 0 Å². The molecule has 4 bridgehead atoms. The first kappa shape index (κ1) is 21.6. The lowest BCUT2D eigenvalue weighted by Crippen LogP contribution is -2.48. The number of nitrogens with two attached hydrogens (primary N) is 1. The van der Waals surface area contributed by atoms with Crippen LogP contribution in [0.4, 0.5) is 0 Å². The van der Waals surface area contributed by atoms with E-state index in [1.807, 2.05) is 0 Å². The summed E-state index contributed by atoms with van der Waals surface area (Å²) in [5.74, 6) is 3.55. The molecule has 5 fully saturated rings. The molecule has 176 valence electrons. The molecule has 33 heavy (non-hydrogen) atoms. The first-order valence-electron chi connectivity index (χ1n) is 13.5. The lowest BCUT2D eigenvalue weighted by molar-refractivity contribution is -0.134. The van der Waals surface area contributed by atoms with Crippen molar-refractivity contribution in [2.24, 2.45) is 46.2 Å². The van der Waals surface area contributed by atoms with Crippen LogP contribution in [0.5, 0.6) is 0 Å². The predicted octanol–water partition coefficient (Wildman–Crippen LogP) is 5.42. The Morgan fingerprint density at radius 3 is 2.58 bits per heavy atom. The molecule has 6 aliphatic carbocycles. The molecule has 0 heterocycles. The van der Waals surface area contributed by atoms with Crippen LogP contribution in [0.2, 0.25) is 0 Å². The van der Waals surface area contributed by atoms with Crippen molar-refractivity contribution in [1.29, 1.82) is 0 Å². The molecule has 0 aromatic heterocycles. The fourth-order valence-corrected chi connectivity index (χ4v) is 8.98. The minimum Gasteiger partial charge on any atom is -0.353 e. The number of rotatable bonds is 6. The van der Waals surface area contributed by atoms with Crippen LogP contribution in [0.25, 0.3) is 0 Å². The highest BCUT2D eigenvalue weighted by Gasteiger charge is 2.71. The van der Waals surface area contributed by atoms with Crippen LogP contribution in [-0.4, -0.2) is 18.5 Å². The van der Waals surface area contributed by atoms with Gasteiger partial charge >= 0.3 is 0 Å². The van der Waals surface area contributed by atoms with Crippen molar-refractivity contribution < 1.29 is 4.79 Å². The van der Waals surface area contributed by atoms with E-state index in [0.717, 1.165) is 45.1 Å². The Morgan fingerprint density at radius 1 is 1.03 bits per heavy atom. The third kappa shape index (κ3) is 3.62. The van der Waals surface area contributed by atoms with Crippen LogP contribution >= 0.6 is 0 Å². The Hall–Kier alpha value is -1.87. The van der Waals surface area contributed by atoms with Gasteiger partial charge in [0.2, 0.25) is 5.91 Å². The minimum absolute atomic E-state index is 0.137. The van der Waals surface area contributed by atoms with Gasteiger partial charge in [0.05, 0.1) is 5.41 Å². The summed E-state index contributed by atoms with van der Waals surface area (Å²) < 4.78 is 0. The molecule has 5 saturated carbocycles. The van der Waals surface area contributed by atoms with Gasteiger partial charge in [-0.15, -0.1) is 0 Å². The second-order valence-electron chi connectivity index (χ2n) is 12.1. The van der Waals surface area contributed by atoms with Gasteiger partial charge in [-0.1, -0.05) is 54.6 Å². The maximum absolute atomic E-state index is 14.1. The van der Waals surface area contributed by atoms with E-state index in [9.17, 15) is 4.79 Å². The zero-order valence-corrected chi connectivity index (χ0v) is 19.9. The van der Waals surface area contributed by atoms with Gasteiger partial charge in [-0.2, -0.15) is 0 Å². The Bertz CT molecular complexity index is 930. The molecule has 0 aliphatic heterocycles. The van der Waals surface area contributed by atoms with Crippen LogP contribution in [-0.2, 0) is 11.2 Å². The summed E-state index contributed by atoms with van der Waals surface area (Å²) in [6, 6.07) is 11.4. The molecule has 7 rings (SSSR count). The monoisotopic (exact) mass is 444 g/mol. The van der Waals surface area contributed by atoms with Crippen molar-refractivity contribution in [2.75, 3.05) is 6.54 Å². The summed E-state index contributed by atoms with van der Waals surface area (Å²) in [7, 11) is 0. The summed E-state index contributed by atoms with van der Waals surface area (Å²) in [6.45, 7) is 0.793. The molecule has 0 saturated heterocycles. The van der Waals surface area contributed by atoms with Crippen molar-refractivity contribution in [1.82, 2.24) is 5.32 Å². The Balaban J connectivity index is 1.25. The molecule has 3 heteroatoms. The number of hydrogen-bond donors (Lipinski definition) is 2. The Morgan fingerprint density at radius 2 is 1.85 bits per heavy atom. The number of nitrogens with one attached hydrogen (secondary N) is 1. The van der Waals surface area contributed by atoms with Crippen molar-refractivity contribution in [3.8, 4) is 0 Å². The topological polar surface area (TPSA) is 55.1 Å². The third-order valence-electron chi connectivity index (χ3n) is 10.5. The number of carbonyl (C=O) groups is 1. The number of amides is 1. The Labute approximate surface area is 199 Å². The first-order chi connectivity index (χ1) is 16.1. The normalized spacial score (nSPS) is 43.2. The molecule has 1 aromatic rings. The number of benzene rings is 1. The Kier molecular flexibility index (Phi) is 5.52. The fourth-order valence-electron chi connectivity index (χ4n) is 8.98. The van der Waals surface area contributed by atoms with Crippen LogP contribution in [0.3, 0.4) is 0 Å². The molecule has 6 unspecified atom stereocenters. The van der Waals surface area contributed by atoms with Crippen LogP contribution in [0.1, 0.15) is 63.4 Å². The van der Waals surface area contributed by atoms with E-state index in [-0.39, 0.29) is 5.41 Å². The van der Waals surface area contributed by atoms with Crippen LogP contribution < -0.4 is 11.1 Å². The van der Waals surface area contributed by atoms with E-state index < -0.39 is 0 Å². The van der Waals surface area contributed by atoms with Crippen molar-refractivity contribution >= 4 is 5.91 Å². The van der Waals surface area contributed by atoms with Gasteiger partial charge in [-0.25, -0.2) is 0 Å². The van der Waals surface area contributed by atoms with Crippen LogP contribution in [0.15, 0.2) is 54.6 Å². The SMILES string of the molecule is NCC1CCC(NC(=O)C23CC4CC(C5C=CC=CC5)(CC2C4Cc2ccccc2)C3)CC1. The van der Waals surface area contributed by atoms with Gasteiger partial charge < -0.3 is 11.1 Å². The predicted molar refractivity (Wildman–Crippen MR) is 133 cm³/mol. The summed E-state index contributed by atoms with van der Waals surface area (Å²) in [6.07, 6.45) is 20.9. The molecule has 6 atom stereocenters. The minimum atomic E-state index is -0.137. The van der Waals surface area contributed by atoms with E-state index in [4.69, 9.17) is 5.73 Å². The van der Waals surface area contributed by atoms with Crippen molar-refractivity contribution in [3.05, 3.63) is 60.2 Å². The first-order valence-corrected chi connectivity index (χ1v) is 13.5. The third-order valence-corrected chi connectivity index (χ3v) is 10.5. The van der Waals surface area contributed by atoms with E-state index in [1.54, 1.807) is 0 Å². The average molecular weight is 445 g/mol. The standard InChI is InChI=1S/C30H40N2O/c31-19-22-11-13-25(14-12-22)32-28(33)30-17-23-16-29(20-30,24-9-5-2-6-10-24)18-27(30)26(23)15-21-7-3-1-4-8-21/h1-9,22-27H,10-20,31H2,(H,32,33). The van der Waals surface area contributed by atoms with Gasteiger partial charge in [0.15, 0.2) is 0 Å². The van der Waals surface area contributed by atoms with E-state index in [1.165, 1.54) is 31.2 Å². The number of carbonyl (C=O) groups excluding carboxylic acids is 1. The highest BCUT2D eigenvalue weighted by molar-refractivity contribution is 5.84. The molecule has 3 nitrogen and oxygen atoms in total. The maximum Gasteiger partial charge on any atom is 0.226 e. The van der Waals surface area contributed by atoms with E-state index in [2.05, 4.69) is 60.0 Å². The second-order valence-corrected chi connectivity index (χ2v) is 12.1. The molecule has 0 spiro atoms. The van der Waals surface area contributed by atoms with Gasteiger partial charge in [-0.05, 0) is 111 Å². The summed E-state index contributed by atoms with van der Waals surface area (Å²) in [5, 5.41) is 3.60. The number of hydrogen-bond acceptors (Lipinski definition) is 2. The number of allylic oxidation sites excluding steroid dienone is 4. The molecule has 0 radical (unpaired) electrons. The van der Waals surface area contributed by atoms with Crippen molar-refractivity contribution in [2.45, 2.75) is 70.3 Å². The molecular formula is C30H40N2O. The van der Waals surface area contributed by atoms with Gasteiger partial charge in [0.25, 0.3) is 0 Å². The molecule has 1 aromatic carbocycles. The zero-order chi connectivity index (χ0) is 22.5. The average Bonchev–Trinajstić information content (AvgIpc) is 3.23. The van der Waals surface area contributed by atoms with Gasteiger partial charge in [0, 0.05) is 6.04 Å². The largest absolute Gasteiger partial charge is 0.353 e. The highest BCUT2D eigenvalue weighted by Crippen LogP contribution is 2.75. The van der Waals surface area contributed by atoms with Crippen molar-refractivity contribution in [3.63, 3.8) is 0 Å². The molecule has 6 aliphatic rings.